The lowest BCUT2D eigenvalue weighted by Gasteiger charge is -2.19. The molecule has 1 atom stereocenters. The van der Waals surface area contributed by atoms with Crippen LogP contribution in [0.15, 0.2) is 48.0 Å². The predicted molar refractivity (Wildman–Crippen MR) is 119 cm³/mol. The quantitative estimate of drug-likeness (QED) is 0.430. The van der Waals surface area contributed by atoms with E-state index in [-0.39, 0.29) is 32.3 Å². The van der Waals surface area contributed by atoms with E-state index in [1.54, 1.807) is 12.1 Å². The summed E-state index contributed by atoms with van der Waals surface area (Å²) in [6.07, 6.45) is 1.13. The molecule has 150 valence electrons. The molecule has 2 N–H and O–H groups in total. The van der Waals surface area contributed by atoms with Gasteiger partial charge in [0.15, 0.2) is 5.38 Å². The van der Waals surface area contributed by atoms with Crippen molar-refractivity contribution in [3.63, 3.8) is 0 Å². The van der Waals surface area contributed by atoms with Gasteiger partial charge in [-0.05, 0) is 36.4 Å². The van der Waals surface area contributed by atoms with Gasteiger partial charge in [0.1, 0.15) is 11.5 Å². The van der Waals surface area contributed by atoms with Crippen molar-refractivity contribution < 1.29 is 9.59 Å². The number of benzene rings is 2. The highest BCUT2D eigenvalue weighted by atomic mass is 35.5. The minimum absolute atomic E-state index is 0.104. The van der Waals surface area contributed by atoms with Crippen molar-refractivity contribution in [1.82, 2.24) is 5.43 Å². The molecule has 0 aromatic heterocycles. The summed E-state index contributed by atoms with van der Waals surface area (Å²) in [5.41, 5.74) is 3.70. The number of hydrogen-bond donors (Lipinski definition) is 2. The van der Waals surface area contributed by atoms with E-state index in [9.17, 15) is 9.59 Å². The zero-order valence-corrected chi connectivity index (χ0v) is 18.1. The van der Waals surface area contributed by atoms with E-state index in [0.717, 1.165) is 11.1 Å². The molecule has 1 fully saturated rings. The van der Waals surface area contributed by atoms with Crippen molar-refractivity contribution in [2.24, 2.45) is 4.99 Å². The molecule has 2 aromatic carbocycles. The highest BCUT2D eigenvalue weighted by Gasteiger charge is 2.39. The molecule has 0 aliphatic carbocycles. The third kappa shape index (κ3) is 4.63. The van der Waals surface area contributed by atoms with E-state index in [0.29, 0.717) is 10.7 Å². The summed E-state index contributed by atoms with van der Waals surface area (Å²) in [4.78, 5) is 28.4. The third-order valence-electron chi connectivity index (χ3n) is 3.75. The molecule has 1 saturated heterocycles. The van der Waals surface area contributed by atoms with Gasteiger partial charge in [0.05, 0.1) is 20.8 Å². The molecule has 29 heavy (non-hydrogen) atoms. The molecular formula is C18H11Cl5N4O2. The number of hydrazine groups is 1. The number of halogens is 5. The molecule has 2 aromatic rings. The number of nitrogens with one attached hydrogen (secondary N) is 2. The van der Waals surface area contributed by atoms with Gasteiger partial charge >= 0.3 is 0 Å². The van der Waals surface area contributed by atoms with E-state index in [1.165, 1.54) is 18.2 Å². The Morgan fingerprint density at radius 1 is 1.14 bits per heavy atom. The predicted octanol–water partition coefficient (Wildman–Crippen LogP) is 5.61. The topological polar surface area (TPSA) is 73.8 Å². The fraction of sp³-hybridized carbons (Fsp3) is 0.0556. The highest BCUT2D eigenvalue weighted by molar-refractivity contribution is 6.49. The van der Waals surface area contributed by atoms with Crippen molar-refractivity contribution in [2.75, 3.05) is 10.3 Å². The molecule has 1 unspecified atom stereocenters. The van der Waals surface area contributed by atoms with Crippen LogP contribution < -0.4 is 15.8 Å². The summed E-state index contributed by atoms with van der Waals surface area (Å²) in [5.74, 6) is -0.829. The van der Waals surface area contributed by atoms with Crippen molar-refractivity contribution in [3.05, 3.63) is 63.1 Å². The van der Waals surface area contributed by atoms with Gasteiger partial charge in [0.25, 0.3) is 5.91 Å². The first-order valence-electron chi connectivity index (χ1n) is 7.92. The van der Waals surface area contributed by atoms with Crippen molar-refractivity contribution in [3.8, 4) is 0 Å². The molecule has 3 rings (SSSR count). The third-order valence-corrected chi connectivity index (χ3v) is 5.26. The van der Waals surface area contributed by atoms with Crippen LogP contribution in [0.25, 0.3) is 0 Å². The Labute approximate surface area is 191 Å². The number of alkyl halides is 1. The van der Waals surface area contributed by atoms with E-state index in [1.807, 2.05) is 0 Å². The van der Waals surface area contributed by atoms with E-state index < -0.39 is 17.2 Å². The lowest BCUT2D eigenvalue weighted by atomic mass is 10.2. The molecule has 1 aliphatic rings. The van der Waals surface area contributed by atoms with Gasteiger partial charge in [0.2, 0.25) is 5.91 Å². The second-order valence-electron chi connectivity index (χ2n) is 5.72. The lowest BCUT2D eigenvalue weighted by Crippen LogP contribution is -2.36. The number of hydrogen-bond acceptors (Lipinski definition) is 3. The van der Waals surface area contributed by atoms with E-state index >= 15 is 0 Å². The van der Waals surface area contributed by atoms with Crippen LogP contribution in [0.5, 0.6) is 0 Å². The van der Waals surface area contributed by atoms with Gasteiger partial charge in [-0.15, -0.1) is 11.6 Å². The summed E-state index contributed by atoms with van der Waals surface area (Å²) >= 11 is 30.7. The van der Waals surface area contributed by atoms with Gasteiger partial charge in [-0.3, -0.25) is 15.0 Å². The van der Waals surface area contributed by atoms with Gasteiger partial charge in [-0.2, -0.15) is 0 Å². The first-order chi connectivity index (χ1) is 13.7. The first-order valence-corrected chi connectivity index (χ1v) is 9.87. The summed E-state index contributed by atoms with van der Waals surface area (Å²) in [7, 11) is 0. The highest BCUT2D eigenvalue weighted by Crippen LogP contribution is 2.38. The Kier molecular flexibility index (Phi) is 6.61. The summed E-state index contributed by atoms with van der Waals surface area (Å²) < 4.78 is 0. The molecule has 0 spiro atoms. The maximum absolute atomic E-state index is 12.6. The fourth-order valence-electron chi connectivity index (χ4n) is 2.45. The number of amidine groups is 1. The van der Waals surface area contributed by atoms with Crippen LogP contribution in [-0.4, -0.2) is 23.0 Å². The molecule has 2 amide bonds. The van der Waals surface area contributed by atoms with Gasteiger partial charge in [0, 0.05) is 10.7 Å². The number of aliphatic imine (C=N–C) groups is 1. The molecule has 1 aliphatic heterocycles. The van der Waals surface area contributed by atoms with Gasteiger partial charge in [-0.1, -0.05) is 53.0 Å². The molecule has 11 heteroatoms. The number of rotatable bonds is 4. The summed E-state index contributed by atoms with van der Waals surface area (Å²) in [5, 5.41) is 3.46. The van der Waals surface area contributed by atoms with E-state index in [4.69, 9.17) is 58.0 Å². The van der Waals surface area contributed by atoms with Crippen LogP contribution in [0.4, 0.5) is 17.1 Å². The summed E-state index contributed by atoms with van der Waals surface area (Å²) in [6, 6.07) is 7.56. The minimum atomic E-state index is -1.14. The van der Waals surface area contributed by atoms with E-state index in [2.05, 4.69) is 22.3 Å². The minimum Gasteiger partial charge on any atom is -0.322 e. The normalized spacial score (nSPS) is 17.4. The van der Waals surface area contributed by atoms with Crippen LogP contribution in [-0.2, 0) is 9.59 Å². The van der Waals surface area contributed by atoms with Gasteiger partial charge < -0.3 is 5.32 Å². The van der Waals surface area contributed by atoms with Crippen molar-refractivity contribution >= 4 is 92.7 Å². The Morgan fingerprint density at radius 3 is 2.41 bits per heavy atom. The van der Waals surface area contributed by atoms with Crippen LogP contribution in [0.1, 0.15) is 0 Å². The number of amides is 2. The van der Waals surface area contributed by atoms with Crippen LogP contribution in [0.3, 0.4) is 0 Å². The van der Waals surface area contributed by atoms with Gasteiger partial charge in [-0.25, -0.2) is 10.0 Å². The van der Waals surface area contributed by atoms with Crippen molar-refractivity contribution in [2.45, 2.75) is 5.38 Å². The number of carbonyl (C=O) groups is 2. The molecule has 0 radical (unpaired) electrons. The smallest absolute Gasteiger partial charge is 0.271 e. The Hall–Kier alpha value is -1.96. The monoisotopic (exact) mass is 490 g/mol. The molecule has 6 nitrogen and oxygen atoms in total. The van der Waals surface area contributed by atoms with Crippen LogP contribution >= 0.6 is 58.0 Å². The van der Waals surface area contributed by atoms with Crippen LogP contribution in [0, 0.1) is 0 Å². The largest absolute Gasteiger partial charge is 0.322 e. The SMILES string of the molecule is C=CC(=O)Nc1ccc(Cl)c(N=C2NN(c3c(Cl)cc(Cl)cc3Cl)C(=O)C2Cl)c1. The lowest BCUT2D eigenvalue weighted by molar-refractivity contribution is -0.116. The second kappa shape index (κ2) is 8.81. The molecule has 0 saturated carbocycles. The van der Waals surface area contributed by atoms with Crippen molar-refractivity contribution in [1.29, 1.82) is 0 Å². The Balaban J connectivity index is 1.96. The Morgan fingerprint density at radius 2 is 1.79 bits per heavy atom. The number of nitrogens with zero attached hydrogens (tertiary/aromatic N) is 2. The molecule has 0 bridgehead atoms. The standard InChI is InChI=1S/C18H11Cl5N4O2/c1-2-14(28)24-9-3-4-10(20)13(7-9)25-17-15(23)18(29)27(26-17)16-11(21)5-8(19)6-12(16)22/h2-7,15H,1H2,(H,24,28)(H,25,26). The average molecular weight is 493 g/mol. The number of carbonyl (C=O) groups excluding carboxylic acids is 2. The Bertz CT molecular complexity index is 1030. The second-order valence-corrected chi connectivity index (χ2v) is 7.82. The zero-order chi connectivity index (χ0) is 21.3. The first kappa shape index (κ1) is 21.7. The fourth-order valence-corrected chi connectivity index (χ4v) is 3.79. The number of anilines is 2. The summed E-state index contributed by atoms with van der Waals surface area (Å²) in [6.45, 7) is 3.39. The molecule has 1 heterocycles. The maximum atomic E-state index is 12.6. The maximum Gasteiger partial charge on any atom is 0.271 e. The average Bonchev–Trinajstić information content (AvgIpc) is 2.92. The van der Waals surface area contributed by atoms with Crippen LogP contribution in [0.2, 0.25) is 20.1 Å². The zero-order valence-electron chi connectivity index (χ0n) is 14.3. The molecular weight excluding hydrogens is 481 g/mol.